The van der Waals surface area contributed by atoms with Gasteiger partial charge in [0.15, 0.2) is 5.78 Å². The molecule has 0 bridgehead atoms. The summed E-state index contributed by atoms with van der Waals surface area (Å²) < 4.78 is 13.0. The molecule has 1 atom stereocenters. The zero-order valence-electron chi connectivity index (χ0n) is 12.2. The van der Waals surface area contributed by atoms with Gasteiger partial charge in [0, 0.05) is 11.1 Å². The summed E-state index contributed by atoms with van der Waals surface area (Å²) in [6.45, 7) is 3.76. The predicted molar refractivity (Wildman–Crippen MR) is 82.4 cm³/mol. The first-order chi connectivity index (χ1) is 10.0. The van der Waals surface area contributed by atoms with Crippen LogP contribution in [0.15, 0.2) is 54.6 Å². The number of benzene rings is 2. The number of Topliss-reactive ketones (excluding diaryl/α,β-unsaturated/α-hetero) is 1. The van der Waals surface area contributed by atoms with E-state index in [1.807, 2.05) is 44.2 Å². The highest BCUT2D eigenvalue weighted by Crippen LogP contribution is 2.26. The van der Waals surface area contributed by atoms with E-state index in [1.54, 1.807) is 0 Å². The number of hydrogen-bond donors (Lipinski definition) is 0. The molecule has 2 aromatic carbocycles. The monoisotopic (exact) mass is 280 g/mol. The summed E-state index contributed by atoms with van der Waals surface area (Å²) in [4.78, 5) is 12.6. The molecular weight excluding hydrogens is 263 g/mol. The fraction of sp³-hybridized carbons (Fsp3) is 0.211. The summed E-state index contributed by atoms with van der Waals surface area (Å²) in [6, 6.07) is 15.2. The molecule has 1 nitrogen and oxygen atoms in total. The summed E-state index contributed by atoms with van der Waals surface area (Å²) >= 11 is 0. The Morgan fingerprint density at radius 1 is 1.10 bits per heavy atom. The molecule has 0 saturated heterocycles. The van der Waals surface area contributed by atoms with Gasteiger partial charge < -0.3 is 0 Å². The first-order valence-electron chi connectivity index (χ1n) is 6.94. The highest BCUT2D eigenvalue weighted by atomic mass is 19.1. The standard InChI is InChI=1S/C19H17FO/c1-3-19(2,14-13-15-7-5-4-6-8-15)18(21)16-9-11-17(20)12-10-16/h4-12H,3H2,1-2H3. The molecule has 2 aromatic rings. The van der Waals surface area contributed by atoms with Crippen LogP contribution in [0, 0.1) is 23.1 Å². The lowest BCUT2D eigenvalue weighted by molar-refractivity contribution is 0.0874. The van der Waals surface area contributed by atoms with Gasteiger partial charge in [-0.3, -0.25) is 4.79 Å². The van der Waals surface area contributed by atoms with Crippen molar-refractivity contribution in [1.29, 1.82) is 0 Å². The third-order valence-corrected chi connectivity index (χ3v) is 3.57. The van der Waals surface area contributed by atoms with Gasteiger partial charge in [-0.2, -0.15) is 0 Å². The minimum atomic E-state index is -0.770. The number of carbonyl (C=O) groups is 1. The molecule has 2 heteroatoms. The molecule has 0 N–H and O–H groups in total. The molecule has 0 amide bonds. The van der Waals surface area contributed by atoms with E-state index in [2.05, 4.69) is 11.8 Å². The van der Waals surface area contributed by atoms with Crippen molar-refractivity contribution in [3.63, 3.8) is 0 Å². The zero-order valence-corrected chi connectivity index (χ0v) is 12.2. The van der Waals surface area contributed by atoms with Crippen molar-refractivity contribution in [2.24, 2.45) is 5.41 Å². The van der Waals surface area contributed by atoms with Gasteiger partial charge in [0.2, 0.25) is 0 Å². The van der Waals surface area contributed by atoms with E-state index < -0.39 is 5.41 Å². The third kappa shape index (κ3) is 3.58. The maximum atomic E-state index is 13.0. The number of rotatable bonds is 3. The molecule has 0 heterocycles. The molecule has 106 valence electrons. The average molecular weight is 280 g/mol. The Labute approximate surface area is 124 Å². The van der Waals surface area contributed by atoms with E-state index in [1.165, 1.54) is 24.3 Å². The van der Waals surface area contributed by atoms with Crippen molar-refractivity contribution in [1.82, 2.24) is 0 Å². The molecule has 0 aromatic heterocycles. The SMILES string of the molecule is CCC(C)(C#Cc1ccccc1)C(=O)c1ccc(F)cc1. The van der Waals surface area contributed by atoms with E-state index in [0.717, 1.165) is 5.56 Å². The quantitative estimate of drug-likeness (QED) is 0.598. The molecule has 1 unspecified atom stereocenters. The van der Waals surface area contributed by atoms with Gasteiger partial charge in [0.1, 0.15) is 5.82 Å². The van der Waals surface area contributed by atoms with Crippen LogP contribution in [0.25, 0.3) is 0 Å². The molecular formula is C19H17FO. The summed E-state index contributed by atoms with van der Waals surface area (Å²) in [5.74, 6) is 5.71. The molecule has 2 rings (SSSR count). The van der Waals surface area contributed by atoms with E-state index in [0.29, 0.717) is 12.0 Å². The van der Waals surface area contributed by atoms with Crippen LogP contribution in [-0.4, -0.2) is 5.78 Å². The Balaban J connectivity index is 2.31. The van der Waals surface area contributed by atoms with Crippen LogP contribution in [0.3, 0.4) is 0 Å². The minimum Gasteiger partial charge on any atom is -0.292 e. The van der Waals surface area contributed by atoms with Crippen LogP contribution in [0.2, 0.25) is 0 Å². The Morgan fingerprint density at radius 3 is 2.29 bits per heavy atom. The summed E-state index contributed by atoms with van der Waals surface area (Å²) in [5, 5.41) is 0. The Morgan fingerprint density at radius 2 is 1.71 bits per heavy atom. The van der Waals surface area contributed by atoms with E-state index >= 15 is 0 Å². The number of ketones is 1. The average Bonchev–Trinajstić information content (AvgIpc) is 2.53. The largest absolute Gasteiger partial charge is 0.292 e. The lowest BCUT2D eigenvalue weighted by Crippen LogP contribution is -2.25. The molecule has 0 spiro atoms. The van der Waals surface area contributed by atoms with Crippen LogP contribution in [-0.2, 0) is 0 Å². The summed E-state index contributed by atoms with van der Waals surface area (Å²) in [7, 11) is 0. The van der Waals surface area contributed by atoms with Crippen molar-refractivity contribution in [2.45, 2.75) is 20.3 Å². The van der Waals surface area contributed by atoms with Crippen molar-refractivity contribution in [2.75, 3.05) is 0 Å². The Hall–Kier alpha value is -2.40. The van der Waals surface area contributed by atoms with Crippen molar-refractivity contribution in [3.8, 4) is 11.8 Å². The highest BCUT2D eigenvalue weighted by Gasteiger charge is 2.30. The second-order valence-electron chi connectivity index (χ2n) is 5.14. The lowest BCUT2D eigenvalue weighted by Gasteiger charge is -2.20. The van der Waals surface area contributed by atoms with Gasteiger partial charge in [-0.1, -0.05) is 37.0 Å². The molecule has 0 fully saturated rings. The van der Waals surface area contributed by atoms with Gasteiger partial charge in [0.25, 0.3) is 0 Å². The first-order valence-corrected chi connectivity index (χ1v) is 6.94. The van der Waals surface area contributed by atoms with E-state index in [9.17, 15) is 9.18 Å². The lowest BCUT2D eigenvalue weighted by atomic mass is 9.80. The zero-order chi connectivity index (χ0) is 15.3. The highest BCUT2D eigenvalue weighted by molar-refractivity contribution is 6.02. The van der Waals surface area contributed by atoms with Crippen molar-refractivity contribution in [3.05, 3.63) is 71.5 Å². The maximum Gasteiger partial charge on any atom is 0.180 e. The summed E-state index contributed by atoms with van der Waals surface area (Å²) in [6.07, 6.45) is 0.600. The van der Waals surface area contributed by atoms with Crippen LogP contribution in [0.1, 0.15) is 36.2 Å². The van der Waals surface area contributed by atoms with Gasteiger partial charge >= 0.3 is 0 Å². The first kappa shape index (κ1) is 15.0. The fourth-order valence-corrected chi connectivity index (χ4v) is 1.96. The van der Waals surface area contributed by atoms with Crippen LogP contribution in [0.5, 0.6) is 0 Å². The van der Waals surface area contributed by atoms with Crippen LogP contribution < -0.4 is 0 Å². The molecule has 0 aliphatic rings. The minimum absolute atomic E-state index is 0.0755. The second-order valence-corrected chi connectivity index (χ2v) is 5.14. The molecule has 21 heavy (non-hydrogen) atoms. The normalized spacial score (nSPS) is 12.9. The van der Waals surface area contributed by atoms with Gasteiger partial charge in [0.05, 0.1) is 5.41 Å². The van der Waals surface area contributed by atoms with E-state index in [-0.39, 0.29) is 11.6 Å². The van der Waals surface area contributed by atoms with Crippen LogP contribution in [0.4, 0.5) is 4.39 Å². The molecule has 0 aliphatic carbocycles. The van der Waals surface area contributed by atoms with E-state index in [4.69, 9.17) is 0 Å². The topological polar surface area (TPSA) is 17.1 Å². The fourth-order valence-electron chi connectivity index (χ4n) is 1.96. The Kier molecular flexibility index (Phi) is 4.55. The third-order valence-electron chi connectivity index (χ3n) is 3.57. The number of hydrogen-bond acceptors (Lipinski definition) is 1. The predicted octanol–water partition coefficient (Wildman–Crippen LogP) is 4.48. The smallest absolute Gasteiger partial charge is 0.180 e. The second kappa shape index (κ2) is 6.37. The Bertz CT molecular complexity index is 677. The molecule has 0 radical (unpaired) electrons. The van der Waals surface area contributed by atoms with Gasteiger partial charge in [-0.05, 0) is 49.7 Å². The van der Waals surface area contributed by atoms with Crippen LogP contribution >= 0.6 is 0 Å². The number of halogens is 1. The van der Waals surface area contributed by atoms with Crippen molar-refractivity contribution >= 4 is 5.78 Å². The number of carbonyl (C=O) groups excluding carboxylic acids is 1. The molecule has 0 saturated carbocycles. The van der Waals surface area contributed by atoms with Gasteiger partial charge in [-0.25, -0.2) is 4.39 Å². The molecule has 0 aliphatic heterocycles. The summed E-state index contributed by atoms with van der Waals surface area (Å²) in [5.41, 5.74) is 0.598. The van der Waals surface area contributed by atoms with Crippen molar-refractivity contribution < 1.29 is 9.18 Å². The maximum absolute atomic E-state index is 13.0. The van der Waals surface area contributed by atoms with Gasteiger partial charge in [-0.15, -0.1) is 0 Å².